The summed E-state index contributed by atoms with van der Waals surface area (Å²) in [7, 11) is 0. The third kappa shape index (κ3) is 2.57. The lowest BCUT2D eigenvalue weighted by Crippen LogP contribution is -2.53. The Morgan fingerprint density at radius 2 is 2.28 bits per heavy atom. The lowest BCUT2D eigenvalue weighted by molar-refractivity contribution is 0.0893. The van der Waals surface area contributed by atoms with Crippen molar-refractivity contribution in [1.82, 2.24) is 5.32 Å². The van der Waals surface area contributed by atoms with E-state index in [1.54, 1.807) is 12.1 Å². The lowest BCUT2D eigenvalue weighted by atomic mass is 9.95. The third-order valence-corrected chi connectivity index (χ3v) is 4.11. The van der Waals surface area contributed by atoms with Crippen LogP contribution in [0.1, 0.15) is 30.1 Å². The molecule has 5 heteroatoms. The number of benzene rings is 1. The first kappa shape index (κ1) is 13.5. The van der Waals surface area contributed by atoms with E-state index >= 15 is 0 Å². The molecule has 1 aliphatic rings. The average molecular weight is 315 g/mol. The molecule has 0 bridgehead atoms. The van der Waals surface area contributed by atoms with Crippen LogP contribution in [0.15, 0.2) is 22.7 Å². The largest absolute Gasteiger partial charge is 0.345 e. The van der Waals surface area contributed by atoms with Crippen LogP contribution in [0.5, 0.6) is 0 Å². The maximum absolute atomic E-state index is 13.8. The van der Waals surface area contributed by atoms with E-state index in [1.165, 1.54) is 6.07 Å². The van der Waals surface area contributed by atoms with Crippen molar-refractivity contribution in [3.8, 4) is 0 Å². The van der Waals surface area contributed by atoms with Gasteiger partial charge in [-0.15, -0.1) is 0 Å². The fraction of sp³-hybridized carbons (Fsp3) is 0.462. The minimum absolute atomic E-state index is 0.0460. The summed E-state index contributed by atoms with van der Waals surface area (Å²) >= 11 is 3.07. The van der Waals surface area contributed by atoms with Crippen LogP contribution < -0.4 is 11.1 Å². The standard InChI is InChI=1S/C13H16BrFN2O/c1-13(7-16,8-5-6-8)17-12(18)9-3-2-4-10(14)11(9)15/h2-4,8H,5-7,16H2,1H3,(H,17,18). The Hall–Kier alpha value is -0.940. The summed E-state index contributed by atoms with van der Waals surface area (Å²) in [6.45, 7) is 2.28. The minimum Gasteiger partial charge on any atom is -0.345 e. The van der Waals surface area contributed by atoms with Crippen LogP contribution in [-0.4, -0.2) is 18.0 Å². The highest BCUT2D eigenvalue weighted by Crippen LogP contribution is 2.39. The molecule has 0 aliphatic heterocycles. The number of rotatable bonds is 4. The molecular formula is C13H16BrFN2O. The first-order chi connectivity index (χ1) is 8.48. The molecule has 1 aliphatic carbocycles. The van der Waals surface area contributed by atoms with E-state index in [4.69, 9.17) is 5.73 Å². The molecule has 3 N–H and O–H groups in total. The second kappa shape index (κ2) is 4.97. The van der Waals surface area contributed by atoms with Gasteiger partial charge >= 0.3 is 0 Å². The molecular weight excluding hydrogens is 299 g/mol. The molecule has 1 fully saturated rings. The molecule has 3 nitrogen and oxygen atoms in total. The van der Waals surface area contributed by atoms with Gasteiger partial charge in [0.25, 0.3) is 5.91 Å². The highest BCUT2D eigenvalue weighted by atomic mass is 79.9. The molecule has 1 saturated carbocycles. The predicted octanol–water partition coefficient (Wildman–Crippen LogP) is 2.45. The Bertz CT molecular complexity index is 476. The molecule has 0 saturated heterocycles. The monoisotopic (exact) mass is 314 g/mol. The summed E-state index contributed by atoms with van der Waals surface area (Å²) < 4.78 is 14.1. The van der Waals surface area contributed by atoms with Gasteiger partial charge in [0.2, 0.25) is 0 Å². The highest BCUT2D eigenvalue weighted by molar-refractivity contribution is 9.10. The second-order valence-electron chi connectivity index (χ2n) is 4.95. The van der Waals surface area contributed by atoms with Gasteiger partial charge in [0.05, 0.1) is 15.6 Å². The molecule has 0 spiro atoms. The van der Waals surface area contributed by atoms with Gasteiger partial charge in [-0.2, -0.15) is 0 Å². The van der Waals surface area contributed by atoms with Crippen LogP contribution in [0.4, 0.5) is 4.39 Å². The van der Waals surface area contributed by atoms with E-state index in [9.17, 15) is 9.18 Å². The number of hydrogen-bond donors (Lipinski definition) is 2. The molecule has 1 unspecified atom stereocenters. The third-order valence-electron chi connectivity index (χ3n) is 3.50. The van der Waals surface area contributed by atoms with E-state index in [0.717, 1.165) is 12.8 Å². The number of halogens is 2. The number of carbonyl (C=O) groups excluding carboxylic acids is 1. The van der Waals surface area contributed by atoms with E-state index in [1.807, 2.05) is 6.92 Å². The van der Waals surface area contributed by atoms with Crippen molar-refractivity contribution in [2.75, 3.05) is 6.54 Å². The quantitative estimate of drug-likeness (QED) is 0.897. The summed E-state index contributed by atoms with van der Waals surface area (Å²) in [6.07, 6.45) is 2.13. The van der Waals surface area contributed by atoms with Gasteiger partial charge in [-0.3, -0.25) is 4.79 Å². The Morgan fingerprint density at radius 1 is 1.61 bits per heavy atom. The van der Waals surface area contributed by atoms with E-state index in [0.29, 0.717) is 12.5 Å². The van der Waals surface area contributed by atoms with Gasteiger partial charge in [0, 0.05) is 6.54 Å². The van der Waals surface area contributed by atoms with Gasteiger partial charge in [0.15, 0.2) is 0 Å². The van der Waals surface area contributed by atoms with Crippen LogP contribution >= 0.6 is 15.9 Å². The maximum atomic E-state index is 13.8. The predicted molar refractivity (Wildman–Crippen MR) is 71.7 cm³/mol. The van der Waals surface area contributed by atoms with Gasteiger partial charge < -0.3 is 11.1 Å². The summed E-state index contributed by atoms with van der Waals surface area (Å²) in [5.41, 5.74) is 5.33. The molecule has 1 aromatic carbocycles. The summed E-state index contributed by atoms with van der Waals surface area (Å²) in [5.74, 6) is -0.541. The first-order valence-electron chi connectivity index (χ1n) is 5.94. The molecule has 0 radical (unpaired) electrons. The van der Waals surface area contributed by atoms with E-state index < -0.39 is 17.3 Å². The minimum atomic E-state index is -0.537. The van der Waals surface area contributed by atoms with Crippen molar-refractivity contribution in [1.29, 1.82) is 0 Å². The maximum Gasteiger partial charge on any atom is 0.254 e. The summed E-state index contributed by atoms with van der Waals surface area (Å²) in [4.78, 5) is 12.1. The number of nitrogens with two attached hydrogens (primary N) is 1. The first-order valence-corrected chi connectivity index (χ1v) is 6.74. The Labute approximate surface area is 114 Å². The van der Waals surface area contributed by atoms with Gasteiger partial charge in [-0.1, -0.05) is 6.07 Å². The molecule has 98 valence electrons. The van der Waals surface area contributed by atoms with Crippen LogP contribution in [-0.2, 0) is 0 Å². The van der Waals surface area contributed by atoms with Crippen LogP contribution in [0.3, 0.4) is 0 Å². The number of nitrogens with one attached hydrogen (secondary N) is 1. The topological polar surface area (TPSA) is 55.1 Å². The van der Waals surface area contributed by atoms with Crippen LogP contribution in [0, 0.1) is 11.7 Å². The van der Waals surface area contributed by atoms with Crippen molar-refractivity contribution < 1.29 is 9.18 Å². The molecule has 0 aromatic heterocycles. The molecule has 1 aromatic rings. The van der Waals surface area contributed by atoms with Crippen molar-refractivity contribution >= 4 is 21.8 Å². The van der Waals surface area contributed by atoms with Crippen molar-refractivity contribution in [2.24, 2.45) is 11.7 Å². The fourth-order valence-corrected chi connectivity index (χ4v) is 2.41. The summed E-state index contributed by atoms with van der Waals surface area (Å²) in [5, 5.41) is 2.86. The Balaban J connectivity index is 2.19. The lowest BCUT2D eigenvalue weighted by Gasteiger charge is -2.29. The zero-order valence-electron chi connectivity index (χ0n) is 10.2. The van der Waals surface area contributed by atoms with Crippen LogP contribution in [0.25, 0.3) is 0 Å². The van der Waals surface area contributed by atoms with E-state index in [-0.39, 0.29) is 10.0 Å². The summed E-state index contributed by atoms with van der Waals surface area (Å²) in [6, 6.07) is 4.67. The van der Waals surface area contributed by atoms with Crippen molar-refractivity contribution in [2.45, 2.75) is 25.3 Å². The van der Waals surface area contributed by atoms with Crippen molar-refractivity contribution in [3.63, 3.8) is 0 Å². The van der Waals surface area contributed by atoms with Gasteiger partial charge in [0.1, 0.15) is 5.82 Å². The highest BCUT2D eigenvalue weighted by Gasteiger charge is 2.41. The molecule has 18 heavy (non-hydrogen) atoms. The Kier molecular flexibility index (Phi) is 3.73. The number of hydrogen-bond acceptors (Lipinski definition) is 2. The molecule has 2 rings (SSSR count). The average Bonchev–Trinajstić information content (AvgIpc) is 3.16. The van der Waals surface area contributed by atoms with Crippen LogP contribution in [0.2, 0.25) is 0 Å². The van der Waals surface area contributed by atoms with Crippen molar-refractivity contribution in [3.05, 3.63) is 34.1 Å². The zero-order valence-corrected chi connectivity index (χ0v) is 11.8. The smallest absolute Gasteiger partial charge is 0.254 e. The number of carbonyl (C=O) groups is 1. The SMILES string of the molecule is CC(CN)(NC(=O)c1cccc(Br)c1F)C1CC1. The number of amides is 1. The van der Waals surface area contributed by atoms with Gasteiger partial charge in [-0.25, -0.2) is 4.39 Å². The van der Waals surface area contributed by atoms with Gasteiger partial charge in [-0.05, 0) is 53.7 Å². The molecule has 0 heterocycles. The fourth-order valence-electron chi connectivity index (χ4n) is 2.05. The molecule has 1 atom stereocenters. The Morgan fingerprint density at radius 3 is 2.83 bits per heavy atom. The normalized spacial score (nSPS) is 18.2. The second-order valence-corrected chi connectivity index (χ2v) is 5.81. The zero-order chi connectivity index (χ0) is 13.3. The van der Waals surface area contributed by atoms with E-state index in [2.05, 4.69) is 21.2 Å². The molecule has 1 amide bonds.